The van der Waals surface area contributed by atoms with E-state index in [0.29, 0.717) is 11.2 Å². The van der Waals surface area contributed by atoms with Crippen molar-refractivity contribution in [1.29, 1.82) is 0 Å². The van der Waals surface area contributed by atoms with Gasteiger partial charge < -0.3 is 4.90 Å². The molecule has 1 aromatic carbocycles. The second-order valence-corrected chi connectivity index (χ2v) is 7.52. The van der Waals surface area contributed by atoms with Crippen molar-refractivity contribution in [3.05, 3.63) is 35.4 Å². The first-order valence-electron chi connectivity index (χ1n) is 7.60. The minimum Gasteiger partial charge on any atom is -0.320 e. The van der Waals surface area contributed by atoms with Crippen molar-refractivity contribution in [3.63, 3.8) is 0 Å². The topological polar surface area (TPSA) is 32.3 Å². The van der Waals surface area contributed by atoms with Gasteiger partial charge in [-0.15, -0.1) is 0 Å². The van der Waals surface area contributed by atoms with E-state index >= 15 is 0 Å². The maximum absolute atomic E-state index is 12.7. The van der Waals surface area contributed by atoms with Crippen molar-refractivity contribution in [2.75, 3.05) is 12.8 Å². The number of thioether (sulfide) groups is 1. The zero-order valence-corrected chi connectivity index (χ0v) is 14.4. The Morgan fingerprint density at radius 2 is 2.05 bits per heavy atom. The van der Waals surface area contributed by atoms with Crippen LogP contribution >= 0.6 is 11.8 Å². The fourth-order valence-electron chi connectivity index (χ4n) is 2.78. The Hall–Kier alpha value is -1.00. The van der Waals surface area contributed by atoms with Gasteiger partial charge in [-0.3, -0.25) is 10.1 Å². The highest BCUT2D eigenvalue weighted by Gasteiger charge is 2.41. The summed E-state index contributed by atoms with van der Waals surface area (Å²) in [5, 5.41) is 3.97. The highest BCUT2D eigenvalue weighted by molar-refractivity contribution is 7.99. The third kappa shape index (κ3) is 3.61. The quantitative estimate of drug-likeness (QED) is 0.906. The van der Waals surface area contributed by atoms with Gasteiger partial charge in [0.1, 0.15) is 6.17 Å². The molecule has 21 heavy (non-hydrogen) atoms. The Kier molecular flexibility index (Phi) is 5.33. The molecule has 1 N–H and O–H groups in total. The highest BCUT2D eigenvalue weighted by Crippen LogP contribution is 2.29. The van der Waals surface area contributed by atoms with Gasteiger partial charge in [-0.25, -0.2) is 0 Å². The van der Waals surface area contributed by atoms with Crippen molar-refractivity contribution < 1.29 is 4.79 Å². The van der Waals surface area contributed by atoms with Gasteiger partial charge in [0.05, 0.1) is 6.04 Å². The molecule has 0 aliphatic carbocycles. The van der Waals surface area contributed by atoms with E-state index in [0.717, 1.165) is 6.54 Å². The van der Waals surface area contributed by atoms with Crippen LogP contribution in [0.4, 0.5) is 0 Å². The summed E-state index contributed by atoms with van der Waals surface area (Å²) in [6.45, 7) is 9.26. The smallest absolute Gasteiger partial charge is 0.241 e. The summed E-state index contributed by atoms with van der Waals surface area (Å²) >= 11 is 1.80. The average molecular weight is 306 g/mol. The summed E-state index contributed by atoms with van der Waals surface area (Å²) in [5.74, 6) is 0.539. The Balaban J connectivity index is 2.29. The minimum atomic E-state index is -0.0791. The van der Waals surface area contributed by atoms with Gasteiger partial charge in [-0.05, 0) is 24.7 Å². The minimum absolute atomic E-state index is 0.000556. The van der Waals surface area contributed by atoms with Crippen LogP contribution in [-0.4, -0.2) is 34.9 Å². The van der Waals surface area contributed by atoms with Crippen LogP contribution < -0.4 is 5.32 Å². The van der Waals surface area contributed by atoms with Gasteiger partial charge >= 0.3 is 0 Å². The van der Waals surface area contributed by atoms with Gasteiger partial charge in [0.25, 0.3) is 0 Å². The maximum Gasteiger partial charge on any atom is 0.241 e. The molecule has 1 saturated heterocycles. The number of amides is 1. The van der Waals surface area contributed by atoms with Crippen LogP contribution in [0.2, 0.25) is 0 Å². The molecule has 0 bridgehead atoms. The third-order valence-electron chi connectivity index (χ3n) is 4.08. The summed E-state index contributed by atoms with van der Waals surface area (Å²) in [4.78, 5) is 14.7. The number of aryl methyl sites for hydroxylation is 1. The number of benzene rings is 1. The zero-order valence-electron chi connectivity index (χ0n) is 13.6. The first-order valence-corrected chi connectivity index (χ1v) is 8.88. The molecule has 2 rings (SSSR count). The molecular weight excluding hydrogens is 280 g/mol. The van der Waals surface area contributed by atoms with E-state index in [1.165, 1.54) is 11.1 Å². The molecule has 1 aromatic rings. The summed E-state index contributed by atoms with van der Waals surface area (Å²) in [7, 11) is 0. The molecule has 0 saturated carbocycles. The Morgan fingerprint density at radius 1 is 1.33 bits per heavy atom. The second-order valence-electron chi connectivity index (χ2n) is 6.24. The maximum atomic E-state index is 12.7. The molecule has 3 unspecified atom stereocenters. The molecule has 1 fully saturated rings. The Bertz CT molecular complexity index is 503. The van der Waals surface area contributed by atoms with Gasteiger partial charge in [-0.1, -0.05) is 50.6 Å². The van der Waals surface area contributed by atoms with Crippen molar-refractivity contribution in [3.8, 4) is 0 Å². The number of rotatable bonds is 5. The van der Waals surface area contributed by atoms with Crippen molar-refractivity contribution >= 4 is 17.7 Å². The summed E-state index contributed by atoms with van der Waals surface area (Å²) in [5.41, 5.74) is 2.41. The van der Waals surface area contributed by atoms with Crippen LogP contribution in [0.3, 0.4) is 0 Å². The van der Waals surface area contributed by atoms with Crippen LogP contribution in [0.5, 0.6) is 0 Å². The second kappa shape index (κ2) is 6.84. The lowest BCUT2D eigenvalue weighted by Gasteiger charge is -2.27. The molecule has 3 atom stereocenters. The third-order valence-corrected chi connectivity index (χ3v) is 5.03. The van der Waals surface area contributed by atoms with Crippen LogP contribution in [-0.2, 0) is 4.79 Å². The lowest BCUT2D eigenvalue weighted by atomic mass is 10.0. The van der Waals surface area contributed by atoms with E-state index < -0.39 is 0 Å². The molecule has 0 aromatic heterocycles. The predicted molar refractivity (Wildman–Crippen MR) is 90.4 cm³/mol. The number of carbonyl (C=O) groups is 1. The summed E-state index contributed by atoms with van der Waals surface area (Å²) < 4.78 is 0. The number of hydrogen-bond acceptors (Lipinski definition) is 3. The molecule has 4 heteroatoms. The van der Waals surface area contributed by atoms with Gasteiger partial charge in [0, 0.05) is 11.8 Å². The monoisotopic (exact) mass is 306 g/mol. The molecule has 3 nitrogen and oxygen atoms in total. The average Bonchev–Trinajstić information content (AvgIpc) is 2.76. The molecular formula is C17H26N2OS. The van der Waals surface area contributed by atoms with Crippen LogP contribution in [0.25, 0.3) is 0 Å². The van der Waals surface area contributed by atoms with Crippen molar-refractivity contribution in [2.24, 2.45) is 5.92 Å². The molecule has 1 aliphatic rings. The van der Waals surface area contributed by atoms with Crippen LogP contribution in [0.15, 0.2) is 24.3 Å². The van der Waals surface area contributed by atoms with Gasteiger partial charge in [-0.2, -0.15) is 11.8 Å². The molecule has 116 valence electrons. The first-order chi connectivity index (χ1) is 9.93. The van der Waals surface area contributed by atoms with Crippen molar-refractivity contribution in [1.82, 2.24) is 10.2 Å². The van der Waals surface area contributed by atoms with Gasteiger partial charge in [0.15, 0.2) is 0 Å². The largest absolute Gasteiger partial charge is 0.320 e. The van der Waals surface area contributed by atoms with E-state index in [1.54, 1.807) is 11.8 Å². The number of hydrogen-bond donors (Lipinski definition) is 1. The van der Waals surface area contributed by atoms with Gasteiger partial charge in [0.2, 0.25) is 5.91 Å². The summed E-state index contributed by atoms with van der Waals surface area (Å²) in [6.07, 6.45) is 2.10. The molecule has 0 spiro atoms. The predicted octanol–water partition coefficient (Wildman–Crippen LogP) is 3.20. The molecule has 1 amide bonds. The van der Waals surface area contributed by atoms with Crippen molar-refractivity contribution in [2.45, 2.75) is 45.2 Å². The Morgan fingerprint density at radius 3 is 2.62 bits per heavy atom. The molecule has 0 radical (unpaired) electrons. The van der Waals surface area contributed by atoms with E-state index in [4.69, 9.17) is 0 Å². The fourth-order valence-corrected chi connectivity index (χ4v) is 3.09. The number of nitrogens with zero attached hydrogens (tertiary/aromatic N) is 1. The highest BCUT2D eigenvalue weighted by atomic mass is 32.2. The zero-order chi connectivity index (χ0) is 15.6. The lowest BCUT2D eigenvalue weighted by molar-refractivity contribution is -0.130. The fraction of sp³-hybridized carbons (Fsp3) is 0.588. The molecule has 1 heterocycles. The first kappa shape index (κ1) is 16.4. The number of carbonyl (C=O) groups excluding carboxylic acids is 1. The van der Waals surface area contributed by atoms with E-state index in [2.05, 4.69) is 63.5 Å². The van der Waals surface area contributed by atoms with E-state index in [1.807, 2.05) is 4.90 Å². The number of nitrogens with one attached hydrogen (secondary N) is 1. The standard InChI is InChI=1S/C17H26N2OS/c1-11(2)15-17(20)19(10-13(4)21-5)16(18-15)14-8-6-7-12(3)9-14/h6-9,11,13,15-16,18H,10H2,1-5H3. The molecule has 1 aliphatic heterocycles. The van der Waals surface area contributed by atoms with E-state index in [-0.39, 0.29) is 18.1 Å². The normalized spacial score (nSPS) is 23.9. The van der Waals surface area contributed by atoms with Crippen LogP contribution in [0, 0.1) is 12.8 Å². The SMILES string of the molecule is CSC(C)CN1C(=O)C(C(C)C)NC1c1cccc(C)c1. The van der Waals surface area contributed by atoms with E-state index in [9.17, 15) is 4.79 Å². The lowest BCUT2D eigenvalue weighted by Crippen LogP contribution is -2.36. The Labute approximate surface area is 132 Å². The van der Waals surface area contributed by atoms with Crippen LogP contribution in [0.1, 0.15) is 38.1 Å². The summed E-state index contributed by atoms with van der Waals surface area (Å²) in [6, 6.07) is 8.36.